The molecule has 0 aliphatic rings. The molecule has 0 bridgehead atoms. The molecular formula is C6H12Cl2Si. The van der Waals surface area contributed by atoms with Gasteiger partial charge in [-0.1, -0.05) is 13.0 Å². The van der Waals surface area contributed by atoms with Crippen LogP contribution in [0.4, 0.5) is 0 Å². The molecule has 0 spiro atoms. The van der Waals surface area contributed by atoms with E-state index in [0.717, 1.165) is 18.5 Å². The predicted molar refractivity (Wildman–Crippen MR) is 47.6 cm³/mol. The first-order valence-corrected chi connectivity index (χ1v) is 7.55. The van der Waals surface area contributed by atoms with Gasteiger partial charge < -0.3 is 0 Å². The Morgan fingerprint density at radius 2 is 2.11 bits per heavy atom. The Bertz CT molecular complexity index is 91.1. The minimum atomic E-state index is -1.83. The third-order valence-electron chi connectivity index (χ3n) is 1.23. The summed E-state index contributed by atoms with van der Waals surface area (Å²) in [4.78, 5) is 0. The molecule has 3 heteroatoms. The van der Waals surface area contributed by atoms with E-state index in [1.165, 1.54) is 0 Å². The second-order valence-corrected chi connectivity index (χ2v) is 9.88. The van der Waals surface area contributed by atoms with Crippen LogP contribution in [0.3, 0.4) is 0 Å². The van der Waals surface area contributed by atoms with Gasteiger partial charge in [0.1, 0.15) is 0 Å². The van der Waals surface area contributed by atoms with Crippen molar-refractivity contribution in [1.82, 2.24) is 0 Å². The number of rotatable bonds is 4. The van der Waals surface area contributed by atoms with Gasteiger partial charge in [0.15, 0.2) is 0 Å². The minimum absolute atomic E-state index is 0.934. The first-order valence-electron chi connectivity index (χ1n) is 3.11. The molecule has 0 aliphatic carbocycles. The summed E-state index contributed by atoms with van der Waals surface area (Å²) in [6.07, 6.45) is 2.81. The van der Waals surface area contributed by atoms with E-state index in [0.29, 0.717) is 0 Å². The van der Waals surface area contributed by atoms with E-state index in [2.05, 4.69) is 6.58 Å². The van der Waals surface area contributed by atoms with E-state index in [-0.39, 0.29) is 0 Å². The third kappa shape index (κ3) is 5.01. The quantitative estimate of drug-likeness (QED) is 0.355. The van der Waals surface area contributed by atoms with E-state index in [1.807, 2.05) is 13.0 Å². The Morgan fingerprint density at radius 3 is 2.44 bits per heavy atom. The molecule has 0 aromatic rings. The van der Waals surface area contributed by atoms with Gasteiger partial charge >= 0.3 is 0 Å². The summed E-state index contributed by atoms with van der Waals surface area (Å²) < 4.78 is 0. The average Bonchev–Trinajstić information content (AvgIpc) is 1.84. The number of hydrogen-bond acceptors (Lipinski definition) is 0. The first-order chi connectivity index (χ1) is 4.12. The van der Waals surface area contributed by atoms with Crippen LogP contribution in [-0.2, 0) is 0 Å². The van der Waals surface area contributed by atoms with Crippen LogP contribution < -0.4 is 0 Å². The molecule has 0 amide bonds. The van der Waals surface area contributed by atoms with Gasteiger partial charge in [-0.15, -0.1) is 28.7 Å². The monoisotopic (exact) mass is 182 g/mol. The van der Waals surface area contributed by atoms with Crippen LogP contribution in [0.1, 0.15) is 13.3 Å². The molecule has 9 heavy (non-hydrogen) atoms. The second-order valence-electron chi connectivity index (χ2n) is 2.04. The van der Waals surface area contributed by atoms with Crippen molar-refractivity contribution < 1.29 is 0 Å². The lowest BCUT2D eigenvalue weighted by Gasteiger charge is -2.11. The summed E-state index contributed by atoms with van der Waals surface area (Å²) in [5.41, 5.74) is 0. The van der Waals surface area contributed by atoms with Crippen molar-refractivity contribution in [3.05, 3.63) is 12.7 Å². The van der Waals surface area contributed by atoms with Crippen LogP contribution in [0.5, 0.6) is 0 Å². The molecule has 0 rings (SSSR count). The van der Waals surface area contributed by atoms with Gasteiger partial charge in [-0.05, 0) is 18.5 Å². The van der Waals surface area contributed by atoms with Gasteiger partial charge in [0.25, 0.3) is 6.69 Å². The van der Waals surface area contributed by atoms with Crippen LogP contribution in [-0.4, -0.2) is 6.69 Å². The Labute approximate surface area is 67.3 Å². The fourth-order valence-electron chi connectivity index (χ4n) is 0.490. The van der Waals surface area contributed by atoms with Crippen molar-refractivity contribution in [2.45, 2.75) is 25.4 Å². The van der Waals surface area contributed by atoms with Crippen molar-refractivity contribution in [2.24, 2.45) is 0 Å². The molecule has 0 saturated heterocycles. The highest BCUT2D eigenvalue weighted by molar-refractivity contribution is 7.45. The number of halogens is 2. The Morgan fingerprint density at radius 1 is 1.56 bits per heavy atom. The molecule has 0 fully saturated rings. The maximum absolute atomic E-state index is 5.96. The molecule has 0 aliphatic heterocycles. The van der Waals surface area contributed by atoms with Gasteiger partial charge in [0.05, 0.1) is 0 Å². The van der Waals surface area contributed by atoms with Crippen LogP contribution in [0.15, 0.2) is 12.7 Å². The molecule has 0 heterocycles. The summed E-state index contributed by atoms with van der Waals surface area (Å²) >= 11 is 11.9. The Balaban J connectivity index is 3.44. The van der Waals surface area contributed by atoms with Gasteiger partial charge in [-0.25, -0.2) is 0 Å². The summed E-state index contributed by atoms with van der Waals surface area (Å²) in [5.74, 6) is 0. The third-order valence-corrected chi connectivity index (χ3v) is 6.02. The van der Waals surface area contributed by atoms with Crippen molar-refractivity contribution in [1.29, 1.82) is 0 Å². The first kappa shape index (κ1) is 9.54. The molecule has 0 aromatic heterocycles. The summed E-state index contributed by atoms with van der Waals surface area (Å²) in [5, 5.41) is 0. The molecule has 0 nitrogen and oxygen atoms in total. The maximum atomic E-state index is 5.96. The molecule has 0 atom stereocenters. The molecule has 54 valence electrons. The van der Waals surface area contributed by atoms with Crippen LogP contribution in [0.2, 0.25) is 12.1 Å². The van der Waals surface area contributed by atoms with Crippen LogP contribution in [0.25, 0.3) is 0 Å². The molecule has 0 unspecified atom stereocenters. The Hall–Kier alpha value is 0.537. The van der Waals surface area contributed by atoms with Crippen molar-refractivity contribution >= 4 is 28.9 Å². The largest absolute Gasteiger partial charge is 0.251 e. The number of hydrogen-bond donors (Lipinski definition) is 0. The topological polar surface area (TPSA) is 0 Å². The highest BCUT2D eigenvalue weighted by atomic mass is 35.7. The normalized spacial score (nSPS) is 11.4. The summed E-state index contributed by atoms with van der Waals surface area (Å²) in [6, 6.07) is 1.88. The second kappa shape index (κ2) is 4.37. The predicted octanol–water partition coefficient (Wildman–Crippen LogP) is 3.50. The van der Waals surface area contributed by atoms with E-state index < -0.39 is 6.69 Å². The van der Waals surface area contributed by atoms with Gasteiger partial charge in [-0.3, -0.25) is 0 Å². The fraction of sp³-hybridized carbons (Fsp3) is 0.667. The standard InChI is InChI=1S/C6H12Cl2Si/c1-3-5-6-9(7,8)4-2/h3H,1,4-6H2,2H3. The lowest BCUT2D eigenvalue weighted by atomic mass is 10.5. The van der Waals surface area contributed by atoms with Crippen LogP contribution >= 0.6 is 22.2 Å². The van der Waals surface area contributed by atoms with Crippen molar-refractivity contribution in [3.63, 3.8) is 0 Å². The lowest BCUT2D eigenvalue weighted by Crippen LogP contribution is -2.15. The molecule has 0 saturated carbocycles. The molecule has 0 aromatic carbocycles. The molecule has 0 radical (unpaired) electrons. The zero-order valence-electron chi connectivity index (χ0n) is 5.66. The molecular weight excluding hydrogens is 171 g/mol. The minimum Gasteiger partial charge on any atom is -0.146 e. The molecule has 0 N–H and O–H groups in total. The fourth-order valence-corrected chi connectivity index (χ4v) is 2.12. The van der Waals surface area contributed by atoms with Gasteiger partial charge in [0.2, 0.25) is 0 Å². The van der Waals surface area contributed by atoms with E-state index >= 15 is 0 Å². The van der Waals surface area contributed by atoms with E-state index in [4.69, 9.17) is 22.2 Å². The zero-order chi connectivity index (χ0) is 7.33. The summed E-state index contributed by atoms with van der Waals surface area (Å²) in [7, 11) is 0. The lowest BCUT2D eigenvalue weighted by molar-refractivity contribution is 1.18. The Kier molecular flexibility index (Phi) is 4.63. The smallest absolute Gasteiger partial charge is 0.146 e. The zero-order valence-corrected chi connectivity index (χ0v) is 8.17. The van der Waals surface area contributed by atoms with Crippen molar-refractivity contribution in [2.75, 3.05) is 0 Å². The highest BCUT2D eigenvalue weighted by Crippen LogP contribution is 2.26. The SMILES string of the molecule is C=CCC[Si](Cl)(Cl)CC. The van der Waals surface area contributed by atoms with Gasteiger partial charge in [0, 0.05) is 0 Å². The van der Waals surface area contributed by atoms with Crippen LogP contribution in [0, 0.1) is 0 Å². The van der Waals surface area contributed by atoms with Crippen molar-refractivity contribution in [3.8, 4) is 0 Å². The van der Waals surface area contributed by atoms with E-state index in [1.54, 1.807) is 0 Å². The summed E-state index contributed by atoms with van der Waals surface area (Å²) in [6.45, 7) is 3.81. The van der Waals surface area contributed by atoms with E-state index in [9.17, 15) is 0 Å². The van der Waals surface area contributed by atoms with Gasteiger partial charge in [-0.2, -0.15) is 0 Å². The average molecular weight is 183 g/mol. The maximum Gasteiger partial charge on any atom is 0.251 e. The highest BCUT2D eigenvalue weighted by Gasteiger charge is 2.23. The number of allylic oxidation sites excluding steroid dienone is 1.